The van der Waals surface area contributed by atoms with Gasteiger partial charge in [0.25, 0.3) is 0 Å². The van der Waals surface area contributed by atoms with E-state index in [1.807, 2.05) is 0 Å². The van der Waals surface area contributed by atoms with Crippen LogP contribution < -0.4 is 0 Å². The lowest BCUT2D eigenvalue weighted by atomic mass is 9.58. The van der Waals surface area contributed by atoms with Crippen LogP contribution in [0.15, 0.2) is 12.2 Å². The van der Waals surface area contributed by atoms with Gasteiger partial charge in [-0.2, -0.15) is 0 Å². The fraction of sp³-hybridized carbons (Fsp3) is 0.789. The maximum Gasteiger partial charge on any atom is 0.315 e. The lowest BCUT2D eigenvalue weighted by molar-refractivity contribution is -0.172. The second kappa shape index (κ2) is 4.56. The second-order valence-electron chi connectivity index (χ2n) is 9.56. The van der Waals surface area contributed by atoms with Crippen LogP contribution in [0, 0.1) is 28.6 Å². The Morgan fingerprint density at radius 1 is 1.30 bits per heavy atom. The molecule has 5 aliphatic rings. The molecule has 1 spiro atoms. The monoisotopic (exact) mass is 380 g/mol. The number of carboxylic acid groups (broad SMARTS) is 1. The molecule has 10 unspecified atom stereocenters. The molecule has 27 heavy (non-hydrogen) atoms. The van der Waals surface area contributed by atoms with Gasteiger partial charge in [0.2, 0.25) is 0 Å². The van der Waals surface area contributed by atoms with Crippen LogP contribution in [0.2, 0.25) is 0 Å². The minimum atomic E-state index is -1.56. The third-order valence-electron chi connectivity index (χ3n) is 8.67. The average Bonchev–Trinajstić information content (AvgIpc) is 3.01. The van der Waals surface area contributed by atoms with Crippen molar-refractivity contribution in [3.63, 3.8) is 0 Å². The van der Waals surface area contributed by atoms with Gasteiger partial charge in [0, 0.05) is 18.3 Å². The second-order valence-corrected chi connectivity index (χ2v) is 9.56. The molecule has 5 N–H and O–H groups in total. The summed E-state index contributed by atoms with van der Waals surface area (Å²) >= 11 is 0. The van der Waals surface area contributed by atoms with Gasteiger partial charge in [0.1, 0.15) is 16.6 Å². The number of fused-ring (bicyclic) bond motifs is 1. The van der Waals surface area contributed by atoms with Gasteiger partial charge in [-0.25, -0.2) is 0 Å². The smallest absolute Gasteiger partial charge is 0.315 e. The molecule has 0 aromatic carbocycles. The first kappa shape index (κ1) is 17.6. The number of carbonyl (C=O) groups excluding carboxylic acids is 1. The Morgan fingerprint density at radius 2 is 1.96 bits per heavy atom. The lowest BCUT2D eigenvalue weighted by Gasteiger charge is -2.48. The van der Waals surface area contributed by atoms with Crippen LogP contribution in [0.1, 0.15) is 32.6 Å². The van der Waals surface area contributed by atoms with Crippen LogP contribution in [0.3, 0.4) is 0 Å². The molecule has 0 aromatic heterocycles. The fourth-order valence-corrected chi connectivity index (χ4v) is 7.69. The Labute approximate surface area is 155 Å². The summed E-state index contributed by atoms with van der Waals surface area (Å²) in [4.78, 5) is 25.2. The van der Waals surface area contributed by atoms with E-state index in [-0.39, 0.29) is 25.7 Å². The summed E-state index contributed by atoms with van der Waals surface area (Å²) in [6.45, 7) is 5.36. The highest BCUT2D eigenvalue weighted by atomic mass is 16.6. The van der Waals surface area contributed by atoms with Crippen LogP contribution in [0.4, 0.5) is 0 Å². The molecule has 1 saturated heterocycles. The van der Waals surface area contributed by atoms with Gasteiger partial charge >= 0.3 is 11.9 Å². The Bertz CT molecular complexity index is 795. The molecule has 1 heterocycles. The van der Waals surface area contributed by atoms with Crippen molar-refractivity contribution < 1.29 is 39.9 Å². The van der Waals surface area contributed by atoms with E-state index in [1.165, 1.54) is 6.92 Å². The average molecular weight is 380 g/mol. The van der Waals surface area contributed by atoms with Crippen molar-refractivity contribution in [1.82, 2.24) is 0 Å². The summed E-state index contributed by atoms with van der Waals surface area (Å²) in [6, 6.07) is 0. The largest absolute Gasteiger partial charge is 0.481 e. The fourth-order valence-electron chi connectivity index (χ4n) is 7.69. The summed E-state index contributed by atoms with van der Waals surface area (Å²) in [7, 11) is 0. The zero-order valence-electron chi connectivity index (χ0n) is 15.0. The predicted molar refractivity (Wildman–Crippen MR) is 88.0 cm³/mol. The van der Waals surface area contributed by atoms with E-state index in [9.17, 15) is 35.1 Å². The molecule has 4 aliphatic carbocycles. The SMILES string of the molecule is C=C1CC23CC1(O)C(O)CC2C12CC(O)C(O)C(C)(C(=O)O1)C2C3C(=O)O. The highest BCUT2D eigenvalue weighted by molar-refractivity contribution is 5.85. The predicted octanol–water partition coefficient (Wildman–Crippen LogP) is -0.807. The van der Waals surface area contributed by atoms with E-state index in [2.05, 4.69) is 6.58 Å². The molecule has 10 atom stereocenters. The summed E-state index contributed by atoms with van der Waals surface area (Å²) in [5.74, 6) is -4.27. The van der Waals surface area contributed by atoms with Crippen molar-refractivity contribution in [2.24, 2.45) is 28.6 Å². The van der Waals surface area contributed by atoms with E-state index in [1.54, 1.807) is 0 Å². The van der Waals surface area contributed by atoms with Crippen molar-refractivity contribution in [2.45, 2.75) is 62.1 Å². The number of carboxylic acids is 1. The Hall–Kier alpha value is -1.48. The van der Waals surface area contributed by atoms with Crippen LogP contribution in [0.5, 0.6) is 0 Å². The summed E-state index contributed by atoms with van der Waals surface area (Å²) in [5.41, 5.74) is -4.93. The number of aliphatic hydroxyl groups is 4. The van der Waals surface area contributed by atoms with E-state index in [0.717, 1.165) is 0 Å². The molecule has 0 aromatic rings. The maximum atomic E-state index is 12.8. The van der Waals surface area contributed by atoms with Crippen molar-refractivity contribution in [1.29, 1.82) is 0 Å². The van der Waals surface area contributed by atoms with Crippen LogP contribution in [0.25, 0.3) is 0 Å². The molecule has 148 valence electrons. The van der Waals surface area contributed by atoms with Gasteiger partial charge in [-0.05, 0) is 37.2 Å². The van der Waals surface area contributed by atoms with Crippen molar-refractivity contribution in [3.8, 4) is 0 Å². The lowest BCUT2D eigenvalue weighted by Crippen LogP contribution is -2.59. The van der Waals surface area contributed by atoms with Crippen LogP contribution >= 0.6 is 0 Å². The molecule has 5 rings (SSSR count). The zero-order chi connectivity index (χ0) is 19.7. The number of carbonyl (C=O) groups is 2. The number of aliphatic carboxylic acids is 1. The Morgan fingerprint density at radius 3 is 2.59 bits per heavy atom. The molecule has 5 fully saturated rings. The Balaban J connectivity index is 1.78. The van der Waals surface area contributed by atoms with E-state index in [4.69, 9.17) is 4.74 Å². The molecule has 0 amide bonds. The number of esters is 1. The van der Waals surface area contributed by atoms with Gasteiger partial charge in [-0.3, -0.25) is 9.59 Å². The highest BCUT2D eigenvalue weighted by Gasteiger charge is 2.86. The van der Waals surface area contributed by atoms with Crippen molar-refractivity contribution in [3.05, 3.63) is 12.2 Å². The normalized spacial score (nSPS) is 60.8. The first-order chi connectivity index (χ1) is 12.4. The molecule has 1 aliphatic heterocycles. The highest BCUT2D eigenvalue weighted by Crippen LogP contribution is 2.78. The maximum absolute atomic E-state index is 12.8. The zero-order valence-corrected chi connectivity index (χ0v) is 15.0. The van der Waals surface area contributed by atoms with Gasteiger partial charge in [0.15, 0.2) is 0 Å². The molecule has 0 radical (unpaired) electrons. The number of rotatable bonds is 1. The number of hydrogen-bond acceptors (Lipinski definition) is 7. The molecule has 8 heteroatoms. The summed E-state index contributed by atoms with van der Waals surface area (Å²) < 4.78 is 5.81. The van der Waals surface area contributed by atoms with E-state index >= 15 is 0 Å². The topological polar surface area (TPSA) is 145 Å². The summed E-state index contributed by atoms with van der Waals surface area (Å²) in [6.07, 6.45) is -3.60. The van der Waals surface area contributed by atoms with Crippen LogP contribution in [-0.4, -0.2) is 67.0 Å². The number of hydrogen-bond donors (Lipinski definition) is 5. The molecular formula is C19H24O8. The molecule has 4 bridgehead atoms. The van der Waals surface area contributed by atoms with Gasteiger partial charge in [-0.15, -0.1) is 0 Å². The quantitative estimate of drug-likeness (QED) is 0.293. The molecular weight excluding hydrogens is 356 g/mol. The van der Waals surface area contributed by atoms with E-state index in [0.29, 0.717) is 5.57 Å². The minimum absolute atomic E-state index is 0.0275. The Kier molecular flexibility index (Phi) is 2.98. The molecule has 8 nitrogen and oxygen atoms in total. The van der Waals surface area contributed by atoms with Crippen molar-refractivity contribution in [2.75, 3.05) is 0 Å². The van der Waals surface area contributed by atoms with E-state index < -0.39 is 70.0 Å². The number of aliphatic hydroxyl groups excluding tert-OH is 3. The first-order valence-corrected chi connectivity index (χ1v) is 9.36. The first-order valence-electron chi connectivity index (χ1n) is 9.36. The van der Waals surface area contributed by atoms with Gasteiger partial charge in [0.05, 0.1) is 24.2 Å². The molecule has 4 saturated carbocycles. The van der Waals surface area contributed by atoms with Gasteiger partial charge in [-0.1, -0.05) is 6.58 Å². The standard InChI is InChI=1S/C19H24O8/c1-7-4-17-6-18(7,26)10(21)3-9(17)19-5-8(20)13(22)16(2,15(25)27-19)12(19)11(17)14(23)24/h8-13,20-22,26H,1,3-6H2,2H3,(H,23,24). The third-order valence-corrected chi connectivity index (χ3v) is 8.67. The number of ether oxygens (including phenoxy) is 1. The van der Waals surface area contributed by atoms with Crippen molar-refractivity contribution >= 4 is 11.9 Å². The van der Waals surface area contributed by atoms with Crippen LogP contribution in [-0.2, 0) is 14.3 Å². The van der Waals surface area contributed by atoms with Gasteiger partial charge < -0.3 is 30.3 Å². The summed E-state index contributed by atoms with van der Waals surface area (Å²) in [5, 5.41) is 52.9. The third kappa shape index (κ3) is 1.55. The minimum Gasteiger partial charge on any atom is -0.481 e.